The van der Waals surface area contributed by atoms with Crippen molar-refractivity contribution < 1.29 is 15.0 Å². The van der Waals surface area contributed by atoms with Crippen LogP contribution in [0.4, 0.5) is 0 Å². The standard InChI is InChI=1S/C17H30O3/c1-4-5-10-17(2,3)11-8-16(20)13-6-7-15(19)14(13)9-12-18/h8,12-15,19-20H,4-7,9-11H2,1-3H3/t13-,14+,15-/m1/s1. The minimum Gasteiger partial charge on any atom is -0.512 e. The van der Waals surface area contributed by atoms with Gasteiger partial charge < -0.3 is 15.0 Å². The highest BCUT2D eigenvalue weighted by Gasteiger charge is 2.36. The van der Waals surface area contributed by atoms with Gasteiger partial charge in [-0.1, -0.05) is 33.6 Å². The van der Waals surface area contributed by atoms with Gasteiger partial charge in [0.15, 0.2) is 0 Å². The SMILES string of the molecule is CCCCC(C)(C)CC=C(O)[C@@H]1CC[C@@H](O)[C@H]1CC=O. The van der Waals surface area contributed by atoms with Crippen LogP contribution in [-0.4, -0.2) is 22.6 Å². The number of allylic oxidation sites excluding steroid dienone is 2. The fourth-order valence-corrected chi connectivity index (χ4v) is 3.14. The molecule has 3 atom stereocenters. The molecule has 1 rings (SSSR count). The number of aliphatic hydroxyl groups excluding tert-OH is 2. The van der Waals surface area contributed by atoms with Crippen LogP contribution in [0.1, 0.15) is 65.7 Å². The van der Waals surface area contributed by atoms with Crippen LogP contribution < -0.4 is 0 Å². The van der Waals surface area contributed by atoms with Gasteiger partial charge in [-0.3, -0.25) is 0 Å². The number of carbonyl (C=O) groups excluding carboxylic acids is 1. The summed E-state index contributed by atoms with van der Waals surface area (Å²) in [6.07, 6.45) is 8.50. The Morgan fingerprint density at radius 3 is 2.65 bits per heavy atom. The second-order valence-corrected chi connectivity index (χ2v) is 6.92. The summed E-state index contributed by atoms with van der Waals surface area (Å²) in [5, 5.41) is 20.2. The molecule has 20 heavy (non-hydrogen) atoms. The highest BCUT2D eigenvalue weighted by Crippen LogP contribution is 2.39. The molecule has 0 spiro atoms. The van der Waals surface area contributed by atoms with Gasteiger partial charge in [0, 0.05) is 18.3 Å². The third-order valence-corrected chi connectivity index (χ3v) is 4.60. The number of unbranched alkanes of at least 4 members (excludes halogenated alkanes) is 1. The van der Waals surface area contributed by atoms with Gasteiger partial charge >= 0.3 is 0 Å². The van der Waals surface area contributed by atoms with E-state index in [1.165, 1.54) is 12.8 Å². The summed E-state index contributed by atoms with van der Waals surface area (Å²) in [6.45, 7) is 6.63. The van der Waals surface area contributed by atoms with E-state index in [1.807, 2.05) is 6.08 Å². The Balaban J connectivity index is 2.61. The molecule has 2 N–H and O–H groups in total. The average molecular weight is 282 g/mol. The van der Waals surface area contributed by atoms with E-state index >= 15 is 0 Å². The van der Waals surface area contributed by atoms with Crippen molar-refractivity contribution in [2.45, 2.75) is 71.8 Å². The Morgan fingerprint density at radius 1 is 1.35 bits per heavy atom. The lowest BCUT2D eigenvalue weighted by Crippen LogP contribution is -2.21. The van der Waals surface area contributed by atoms with Crippen LogP contribution in [-0.2, 0) is 4.79 Å². The predicted octanol–water partition coefficient (Wildman–Crippen LogP) is 4.01. The van der Waals surface area contributed by atoms with Crippen molar-refractivity contribution in [1.29, 1.82) is 0 Å². The zero-order valence-electron chi connectivity index (χ0n) is 13.1. The monoisotopic (exact) mass is 282 g/mol. The Bertz CT molecular complexity index is 333. The van der Waals surface area contributed by atoms with Crippen LogP contribution in [0.5, 0.6) is 0 Å². The van der Waals surface area contributed by atoms with E-state index < -0.39 is 6.10 Å². The van der Waals surface area contributed by atoms with Crippen LogP contribution in [0.25, 0.3) is 0 Å². The Hall–Kier alpha value is -0.830. The molecular weight excluding hydrogens is 252 g/mol. The van der Waals surface area contributed by atoms with Crippen molar-refractivity contribution >= 4 is 6.29 Å². The van der Waals surface area contributed by atoms with Crippen molar-refractivity contribution in [1.82, 2.24) is 0 Å². The quantitative estimate of drug-likeness (QED) is 0.522. The Labute approximate surface area is 123 Å². The number of rotatable bonds is 8. The third-order valence-electron chi connectivity index (χ3n) is 4.60. The first kappa shape index (κ1) is 17.2. The Kier molecular flexibility index (Phi) is 6.74. The molecule has 0 aromatic rings. The fourth-order valence-electron chi connectivity index (χ4n) is 3.14. The van der Waals surface area contributed by atoms with E-state index in [4.69, 9.17) is 0 Å². The maximum absolute atomic E-state index is 10.7. The largest absolute Gasteiger partial charge is 0.512 e. The van der Waals surface area contributed by atoms with Gasteiger partial charge in [-0.15, -0.1) is 0 Å². The zero-order chi connectivity index (χ0) is 15.2. The Morgan fingerprint density at radius 2 is 2.05 bits per heavy atom. The lowest BCUT2D eigenvalue weighted by molar-refractivity contribution is -0.109. The molecule has 1 aliphatic carbocycles. The third kappa shape index (κ3) is 4.93. The summed E-state index contributed by atoms with van der Waals surface area (Å²) in [7, 11) is 0. The van der Waals surface area contributed by atoms with Gasteiger partial charge in [0.1, 0.15) is 6.29 Å². The molecule has 0 saturated heterocycles. The van der Waals surface area contributed by atoms with Gasteiger partial charge in [-0.2, -0.15) is 0 Å². The number of aliphatic hydroxyl groups is 2. The number of aldehydes is 1. The number of hydrogen-bond acceptors (Lipinski definition) is 3. The van der Waals surface area contributed by atoms with Crippen molar-refractivity contribution in [3.8, 4) is 0 Å². The van der Waals surface area contributed by atoms with E-state index in [1.54, 1.807) is 0 Å². The summed E-state index contributed by atoms with van der Waals surface area (Å²) >= 11 is 0. The topological polar surface area (TPSA) is 57.5 Å². The van der Waals surface area contributed by atoms with Crippen LogP contribution >= 0.6 is 0 Å². The van der Waals surface area contributed by atoms with Crippen molar-refractivity contribution in [2.75, 3.05) is 0 Å². The van der Waals surface area contributed by atoms with Crippen molar-refractivity contribution in [3.63, 3.8) is 0 Å². The highest BCUT2D eigenvalue weighted by atomic mass is 16.3. The van der Waals surface area contributed by atoms with Crippen LogP contribution in [0.2, 0.25) is 0 Å². The first-order valence-electron chi connectivity index (χ1n) is 7.92. The van der Waals surface area contributed by atoms with E-state index in [0.717, 1.165) is 25.5 Å². The molecule has 1 fully saturated rings. The minimum absolute atomic E-state index is 0.0443. The molecule has 0 heterocycles. The number of hydrogen-bond donors (Lipinski definition) is 2. The van der Waals surface area contributed by atoms with Crippen LogP contribution in [0.3, 0.4) is 0 Å². The summed E-state index contributed by atoms with van der Waals surface area (Å²) in [5.74, 6) is 0.220. The maximum atomic E-state index is 10.7. The summed E-state index contributed by atoms with van der Waals surface area (Å²) in [4.78, 5) is 10.7. The van der Waals surface area contributed by atoms with Gasteiger partial charge in [0.25, 0.3) is 0 Å². The molecule has 0 radical (unpaired) electrons. The number of carbonyl (C=O) groups is 1. The highest BCUT2D eigenvalue weighted by molar-refractivity contribution is 5.50. The molecule has 0 unspecified atom stereocenters. The van der Waals surface area contributed by atoms with E-state index in [2.05, 4.69) is 20.8 Å². The van der Waals surface area contributed by atoms with Crippen LogP contribution in [0, 0.1) is 17.3 Å². The molecule has 0 bridgehead atoms. The zero-order valence-corrected chi connectivity index (χ0v) is 13.1. The molecule has 1 saturated carbocycles. The first-order valence-corrected chi connectivity index (χ1v) is 7.92. The van der Waals surface area contributed by atoms with E-state index in [9.17, 15) is 15.0 Å². The fraction of sp³-hybridized carbons (Fsp3) is 0.824. The molecule has 0 aromatic heterocycles. The smallest absolute Gasteiger partial charge is 0.120 e. The molecule has 0 aliphatic heterocycles. The van der Waals surface area contributed by atoms with E-state index in [-0.39, 0.29) is 17.3 Å². The summed E-state index contributed by atoms with van der Waals surface area (Å²) < 4.78 is 0. The lowest BCUT2D eigenvalue weighted by atomic mass is 9.82. The summed E-state index contributed by atoms with van der Waals surface area (Å²) in [5.41, 5.74) is 0.196. The normalized spacial score (nSPS) is 27.8. The first-order chi connectivity index (χ1) is 9.41. The summed E-state index contributed by atoms with van der Waals surface area (Å²) in [6, 6.07) is 0. The maximum Gasteiger partial charge on any atom is 0.120 e. The van der Waals surface area contributed by atoms with Gasteiger partial charge in [0.05, 0.1) is 11.9 Å². The minimum atomic E-state index is -0.450. The molecule has 3 heteroatoms. The molecule has 0 aromatic carbocycles. The molecule has 116 valence electrons. The van der Waals surface area contributed by atoms with Gasteiger partial charge in [-0.05, 0) is 37.2 Å². The predicted molar refractivity (Wildman–Crippen MR) is 81.5 cm³/mol. The van der Waals surface area contributed by atoms with Gasteiger partial charge in [-0.25, -0.2) is 0 Å². The van der Waals surface area contributed by atoms with Crippen LogP contribution in [0.15, 0.2) is 11.8 Å². The van der Waals surface area contributed by atoms with Crippen molar-refractivity contribution in [3.05, 3.63) is 11.8 Å². The lowest BCUT2D eigenvalue weighted by Gasteiger charge is -2.24. The van der Waals surface area contributed by atoms with Gasteiger partial charge in [0.2, 0.25) is 0 Å². The average Bonchev–Trinajstić information content (AvgIpc) is 2.76. The van der Waals surface area contributed by atoms with Crippen molar-refractivity contribution in [2.24, 2.45) is 17.3 Å². The molecule has 3 nitrogen and oxygen atoms in total. The molecule has 0 amide bonds. The molecule has 1 aliphatic rings. The molecular formula is C17H30O3. The second kappa shape index (κ2) is 7.82. The second-order valence-electron chi connectivity index (χ2n) is 6.92. The van der Waals surface area contributed by atoms with E-state index in [0.29, 0.717) is 18.6 Å².